The Kier molecular flexibility index (Phi) is 25.1. The number of hydrogen-bond donors (Lipinski definition) is 0. The molecule has 3 aliphatic rings. The lowest BCUT2D eigenvalue weighted by molar-refractivity contribution is -0.346. The molecule has 11 atom stereocenters. The van der Waals surface area contributed by atoms with E-state index in [1.54, 1.807) is 48.5 Å². The summed E-state index contributed by atoms with van der Waals surface area (Å²) in [4.78, 5) is 68.6. The Bertz CT molecular complexity index is 3820. The number of ether oxygens (including phenoxy) is 14. The quantitative estimate of drug-likeness (QED) is 0.0177. The zero-order valence-electron chi connectivity index (χ0n) is 54.1. The van der Waals surface area contributed by atoms with Gasteiger partial charge in [0.25, 0.3) is 0 Å². The molecule has 11 rings (SSSR count). The summed E-state index contributed by atoms with van der Waals surface area (Å²) in [5.41, 5.74) is 8.07. The van der Waals surface area contributed by atoms with Crippen molar-refractivity contribution in [2.45, 2.75) is 119 Å². The van der Waals surface area contributed by atoms with Gasteiger partial charge in [0.05, 0.1) is 38.1 Å². The molecule has 0 radical (unpaired) electrons. The molecule has 19 nitrogen and oxygen atoms in total. The van der Waals surface area contributed by atoms with E-state index >= 15 is 0 Å². The first-order valence-electron chi connectivity index (χ1n) is 32.2. The maximum atomic E-state index is 14.2. The molecule has 0 saturated carbocycles. The van der Waals surface area contributed by atoms with Gasteiger partial charge in [-0.15, -0.1) is 11.8 Å². The summed E-state index contributed by atoms with van der Waals surface area (Å²) in [5, 5.41) is 0. The third-order valence-corrected chi connectivity index (χ3v) is 17.6. The molecule has 2 saturated heterocycles. The van der Waals surface area contributed by atoms with Crippen molar-refractivity contribution in [1.29, 1.82) is 0 Å². The molecule has 2 aliphatic heterocycles. The number of hydrogen-bond acceptors (Lipinski definition) is 20. The standard InChI is InChI=1S/C78H76O19S/c1-4-42-84-78(83)97-71-69(86-44-54-26-12-6-13-27-54)66(49-91-77(82)90-47-64-62-36-22-20-34-60(62)61-35-21-23-37-63(61)64)96-76(73(71)94-67(57-28-14-7-15-29-57)50-98-59-32-18-9-19-33-59)89-48-65-68(85-43-53-24-10-5-11-25-53)70(92-51(2)79)72(93-52(3)80)75(95-65)88-46-56-40-38-55(39-41-56)45-87-74(81)58-30-16-8-17-31-58/h4-41,64-73,75-76H,1,42-50H2,2-3H3/t65-,66-,67-,68-,69-,70+,71+,72-,73-,75-,76+/m1/s1. The number of fused-ring (bicyclic) bond motifs is 3. The van der Waals surface area contributed by atoms with Gasteiger partial charge in [0.15, 0.2) is 30.9 Å². The van der Waals surface area contributed by atoms with Crippen LogP contribution in [-0.2, 0) is 102 Å². The van der Waals surface area contributed by atoms with Gasteiger partial charge in [0.2, 0.25) is 0 Å². The summed E-state index contributed by atoms with van der Waals surface area (Å²) < 4.78 is 89.9. The van der Waals surface area contributed by atoms with Crippen molar-refractivity contribution in [3.05, 3.63) is 282 Å². The maximum Gasteiger partial charge on any atom is 0.509 e. The summed E-state index contributed by atoms with van der Waals surface area (Å²) in [7, 11) is 0. The van der Waals surface area contributed by atoms with Crippen molar-refractivity contribution in [3.63, 3.8) is 0 Å². The first-order chi connectivity index (χ1) is 47.9. The number of benzene rings is 8. The molecule has 508 valence electrons. The molecular weight excluding hydrogens is 1270 g/mol. The van der Waals surface area contributed by atoms with Crippen molar-refractivity contribution in [2.75, 3.05) is 32.2 Å². The third-order valence-electron chi connectivity index (χ3n) is 16.5. The Morgan fingerprint density at radius 1 is 0.439 bits per heavy atom. The van der Waals surface area contributed by atoms with Crippen LogP contribution in [0.5, 0.6) is 0 Å². The Labute approximate surface area is 573 Å². The van der Waals surface area contributed by atoms with E-state index in [1.165, 1.54) is 31.7 Å². The highest BCUT2D eigenvalue weighted by Gasteiger charge is 2.55. The predicted molar refractivity (Wildman–Crippen MR) is 360 cm³/mol. The number of thioether (sulfide) groups is 1. The lowest BCUT2D eigenvalue weighted by Gasteiger charge is -2.47. The van der Waals surface area contributed by atoms with Gasteiger partial charge in [-0.2, -0.15) is 0 Å². The molecule has 0 spiro atoms. The van der Waals surface area contributed by atoms with Gasteiger partial charge < -0.3 is 66.3 Å². The number of rotatable bonds is 30. The Morgan fingerprint density at radius 3 is 1.49 bits per heavy atom. The van der Waals surface area contributed by atoms with E-state index < -0.39 is 111 Å². The van der Waals surface area contributed by atoms with Crippen LogP contribution in [0.15, 0.2) is 242 Å². The van der Waals surface area contributed by atoms with Gasteiger partial charge in [0, 0.05) is 30.4 Å². The summed E-state index contributed by atoms with van der Waals surface area (Å²) in [5.74, 6) is -1.92. The van der Waals surface area contributed by atoms with Crippen LogP contribution in [0, 0.1) is 0 Å². The largest absolute Gasteiger partial charge is 0.509 e. The summed E-state index contributed by atoms with van der Waals surface area (Å²) in [6, 6.07) is 69.5. The molecule has 0 unspecified atom stereocenters. The van der Waals surface area contributed by atoms with E-state index in [2.05, 4.69) is 6.58 Å². The van der Waals surface area contributed by atoms with Crippen LogP contribution in [0.3, 0.4) is 0 Å². The molecule has 0 amide bonds. The topological polar surface area (TPSA) is 215 Å². The van der Waals surface area contributed by atoms with Gasteiger partial charge in [-0.1, -0.05) is 213 Å². The predicted octanol–water partition coefficient (Wildman–Crippen LogP) is 13.7. The summed E-state index contributed by atoms with van der Waals surface area (Å²) >= 11 is 1.52. The van der Waals surface area contributed by atoms with E-state index in [0.29, 0.717) is 22.4 Å². The molecule has 8 aromatic carbocycles. The average Bonchev–Trinajstić information content (AvgIpc) is 1.61. The molecule has 0 aromatic heterocycles. The van der Waals surface area contributed by atoms with Crippen LogP contribution in [0.1, 0.15) is 75.2 Å². The Morgan fingerprint density at radius 2 is 0.908 bits per heavy atom. The van der Waals surface area contributed by atoms with E-state index in [-0.39, 0.29) is 45.6 Å². The van der Waals surface area contributed by atoms with Crippen molar-refractivity contribution in [2.24, 2.45) is 0 Å². The van der Waals surface area contributed by atoms with Gasteiger partial charge in [-0.3, -0.25) is 9.59 Å². The lowest BCUT2D eigenvalue weighted by Crippen LogP contribution is -2.64. The van der Waals surface area contributed by atoms with Crippen LogP contribution in [0.25, 0.3) is 11.1 Å². The molecule has 2 heterocycles. The molecule has 1 aliphatic carbocycles. The first kappa shape index (κ1) is 69.9. The van der Waals surface area contributed by atoms with E-state index in [4.69, 9.17) is 66.3 Å². The summed E-state index contributed by atoms with van der Waals surface area (Å²) in [6.07, 6.45) is -15.4. The highest BCUT2D eigenvalue weighted by molar-refractivity contribution is 7.99. The Hall–Kier alpha value is -9.48. The fourth-order valence-corrected chi connectivity index (χ4v) is 12.8. The van der Waals surface area contributed by atoms with Crippen molar-refractivity contribution in [1.82, 2.24) is 0 Å². The van der Waals surface area contributed by atoms with Crippen LogP contribution in [-0.4, -0.2) is 124 Å². The third kappa shape index (κ3) is 19.0. The van der Waals surface area contributed by atoms with Gasteiger partial charge in [0.1, 0.15) is 56.9 Å². The molecule has 8 aromatic rings. The fraction of sp³-hybridized carbons (Fsp3) is 0.295. The zero-order valence-corrected chi connectivity index (χ0v) is 54.9. The van der Waals surface area contributed by atoms with E-state index in [0.717, 1.165) is 43.8 Å². The number of carbonyl (C=O) groups is 5. The second-order valence-corrected chi connectivity index (χ2v) is 24.4. The monoisotopic (exact) mass is 1350 g/mol. The molecule has 20 heteroatoms. The smallest absolute Gasteiger partial charge is 0.457 e. The molecular formula is C78H76O19S. The number of esters is 3. The normalized spacial score (nSPS) is 21.2. The van der Waals surface area contributed by atoms with Gasteiger partial charge in [-0.25, -0.2) is 14.4 Å². The van der Waals surface area contributed by atoms with E-state index in [9.17, 15) is 24.0 Å². The zero-order chi connectivity index (χ0) is 68.0. The van der Waals surface area contributed by atoms with Crippen LogP contribution in [0.4, 0.5) is 9.59 Å². The molecule has 98 heavy (non-hydrogen) atoms. The lowest BCUT2D eigenvalue weighted by atomic mass is 9.96. The van der Waals surface area contributed by atoms with Crippen LogP contribution >= 0.6 is 11.8 Å². The van der Waals surface area contributed by atoms with Gasteiger partial charge in [-0.05, 0) is 74.3 Å². The highest BCUT2D eigenvalue weighted by Crippen LogP contribution is 2.45. The molecule has 0 N–H and O–H groups in total. The second kappa shape index (κ2) is 35.2. The Balaban J connectivity index is 0.938. The fourth-order valence-electron chi connectivity index (χ4n) is 11.9. The molecule has 2 fully saturated rings. The minimum atomic E-state index is -1.57. The highest BCUT2D eigenvalue weighted by atomic mass is 32.2. The van der Waals surface area contributed by atoms with Crippen molar-refractivity contribution < 1.29 is 90.3 Å². The minimum Gasteiger partial charge on any atom is -0.457 e. The van der Waals surface area contributed by atoms with Gasteiger partial charge >= 0.3 is 30.2 Å². The van der Waals surface area contributed by atoms with Crippen LogP contribution < -0.4 is 0 Å². The molecule has 0 bridgehead atoms. The summed E-state index contributed by atoms with van der Waals surface area (Å²) in [6.45, 7) is 4.67. The van der Waals surface area contributed by atoms with Crippen LogP contribution in [0.2, 0.25) is 0 Å². The van der Waals surface area contributed by atoms with Crippen molar-refractivity contribution in [3.8, 4) is 11.1 Å². The average molecular weight is 1350 g/mol. The minimum absolute atomic E-state index is 0.00138. The van der Waals surface area contributed by atoms with E-state index in [1.807, 2.05) is 176 Å². The second-order valence-electron chi connectivity index (χ2n) is 23.3. The number of carbonyl (C=O) groups excluding carboxylic acids is 5. The first-order valence-corrected chi connectivity index (χ1v) is 33.2. The SMILES string of the molecule is C=CCOC(=O)O[C@@H]1[C@@H](O[C@H](CSc2ccccc2)c2ccccc2)[C@@H](OC[C@H]2O[C@@H](OCc3ccc(COC(=O)c4ccccc4)cc3)[C@H](OC(C)=O)[C@@H](OC(C)=O)[C@@H]2OCc2ccccc2)O[C@H](COC(=O)OCC2c3ccccc3-c3ccccc32)[C@H]1OCc1ccccc1. The van der Waals surface area contributed by atoms with Crippen molar-refractivity contribution >= 4 is 42.0 Å². The maximum absolute atomic E-state index is 14.2.